The summed E-state index contributed by atoms with van der Waals surface area (Å²) in [4.78, 5) is 11.2. The first-order valence-corrected chi connectivity index (χ1v) is 10.6. The van der Waals surface area contributed by atoms with Crippen LogP contribution in [0.2, 0.25) is 5.02 Å². The molecule has 2 aromatic rings. The summed E-state index contributed by atoms with van der Waals surface area (Å²) in [5.74, 6) is -2.94. The minimum atomic E-state index is -4.07. The molecule has 0 bridgehead atoms. The summed E-state index contributed by atoms with van der Waals surface area (Å²) in [5, 5.41) is 0.540. The minimum absolute atomic E-state index is 0.0392. The SMILES string of the molecule is NC(=O)C[C@H]1CN(S(=O)(=O)c2ccc(F)c(F)c2)CC[C@@H]1Oc1ccc(Cl)cc1. The number of carbonyl (C=O) groups excluding carboxylic acids is 1. The first-order chi connectivity index (χ1) is 13.7. The molecular formula is C19H19ClF2N2O4S. The predicted octanol–water partition coefficient (Wildman–Crippen LogP) is 2.95. The van der Waals surface area contributed by atoms with Crippen molar-refractivity contribution < 1.29 is 26.7 Å². The Balaban J connectivity index is 1.80. The van der Waals surface area contributed by atoms with Gasteiger partial charge in [-0.1, -0.05) is 11.6 Å². The molecular weight excluding hydrogens is 426 g/mol. The summed E-state index contributed by atoms with van der Waals surface area (Å²) in [6.45, 7) is 0.0529. The average Bonchev–Trinajstić information content (AvgIpc) is 2.66. The van der Waals surface area contributed by atoms with E-state index in [4.69, 9.17) is 22.1 Å². The third-order valence-electron chi connectivity index (χ3n) is 4.72. The topological polar surface area (TPSA) is 89.7 Å². The number of piperidine rings is 1. The molecule has 0 spiro atoms. The Bertz CT molecular complexity index is 1000. The van der Waals surface area contributed by atoms with Crippen molar-refractivity contribution in [2.45, 2.75) is 23.8 Å². The lowest BCUT2D eigenvalue weighted by Crippen LogP contribution is -2.48. The van der Waals surface area contributed by atoms with Crippen molar-refractivity contribution in [1.29, 1.82) is 0 Å². The number of carbonyl (C=O) groups is 1. The molecule has 1 amide bonds. The normalized spacial score (nSPS) is 20.4. The van der Waals surface area contributed by atoms with E-state index >= 15 is 0 Å². The van der Waals surface area contributed by atoms with Gasteiger partial charge in [0.25, 0.3) is 0 Å². The summed E-state index contributed by atoms with van der Waals surface area (Å²) in [5.41, 5.74) is 5.33. The fourth-order valence-corrected chi connectivity index (χ4v) is 4.93. The van der Waals surface area contributed by atoms with Gasteiger partial charge in [-0.25, -0.2) is 17.2 Å². The molecule has 0 unspecified atom stereocenters. The molecule has 0 saturated carbocycles. The zero-order valence-corrected chi connectivity index (χ0v) is 16.8. The number of benzene rings is 2. The fraction of sp³-hybridized carbons (Fsp3) is 0.316. The van der Waals surface area contributed by atoms with Crippen LogP contribution in [0, 0.1) is 17.6 Å². The molecule has 1 saturated heterocycles. The number of nitrogens with two attached hydrogens (primary N) is 1. The highest BCUT2D eigenvalue weighted by atomic mass is 35.5. The molecule has 0 aliphatic carbocycles. The van der Waals surface area contributed by atoms with Crippen LogP contribution in [0.3, 0.4) is 0 Å². The second-order valence-electron chi connectivity index (χ2n) is 6.77. The van der Waals surface area contributed by atoms with Crippen molar-refractivity contribution in [2.24, 2.45) is 11.7 Å². The molecule has 1 aliphatic heterocycles. The van der Waals surface area contributed by atoms with E-state index in [1.54, 1.807) is 24.3 Å². The molecule has 0 radical (unpaired) electrons. The fourth-order valence-electron chi connectivity index (χ4n) is 3.28. The predicted molar refractivity (Wildman–Crippen MR) is 103 cm³/mol. The van der Waals surface area contributed by atoms with Crippen molar-refractivity contribution in [2.75, 3.05) is 13.1 Å². The smallest absolute Gasteiger partial charge is 0.243 e. The molecule has 1 fully saturated rings. The van der Waals surface area contributed by atoms with Crippen molar-refractivity contribution in [3.63, 3.8) is 0 Å². The lowest BCUT2D eigenvalue weighted by Gasteiger charge is -2.37. The first-order valence-electron chi connectivity index (χ1n) is 8.82. The van der Waals surface area contributed by atoms with Crippen LogP contribution in [0.4, 0.5) is 8.78 Å². The molecule has 2 N–H and O–H groups in total. The van der Waals surface area contributed by atoms with Gasteiger partial charge in [-0.2, -0.15) is 4.31 Å². The molecule has 10 heteroatoms. The van der Waals surface area contributed by atoms with Gasteiger partial charge in [0.15, 0.2) is 11.6 Å². The maximum absolute atomic E-state index is 13.5. The zero-order chi connectivity index (χ0) is 21.2. The van der Waals surface area contributed by atoms with Gasteiger partial charge in [0, 0.05) is 30.5 Å². The van der Waals surface area contributed by atoms with E-state index in [2.05, 4.69) is 0 Å². The second-order valence-corrected chi connectivity index (χ2v) is 9.14. The van der Waals surface area contributed by atoms with Crippen LogP contribution in [0.5, 0.6) is 5.75 Å². The van der Waals surface area contributed by atoms with E-state index < -0.39 is 39.6 Å². The molecule has 1 heterocycles. The number of sulfonamides is 1. The largest absolute Gasteiger partial charge is 0.490 e. The second kappa shape index (κ2) is 8.64. The standard InChI is InChI=1S/C19H19ClF2N2O4S/c20-13-1-3-14(4-2-13)28-18-7-8-24(11-12(18)9-19(23)25)29(26,27)15-5-6-16(21)17(22)10-15/h1-6,10,12,18H,7-9,11H2,(H2,23,25)/t12-,18-/m0/s1. The molecule has 1 aliphatic rings. The van der Waals surface area contributed by atoms with Crippen LogP contribution in [0.25, 0.3) is 0 Å². The Labute approximate surface area is 172 Å². The Morgan fingerprint density at radius 2 is 1.86 bits per heavy atom. The summed E-state index contributed by atoms with van der Waals surface area (Å²) < 4.78 is 59.4. The number of rotatable bonds is 6. The highest BCUT2D eigenvalue weighted by Gasteiger charge is 2.37. The highest BCUT2D eigenvalue weighted by molar-refractivity contribution is 7.89. The maximum atomic E-state index is 13.5. The summed E-state index contributed by atoms with van der Waals surface area (Å²) in [6, 6.07) is 9.07. The van der Waals surface area contributed by atoms with E-state index in [9.17, 15) is 22.0 Å². The number of halogens is 3. The van der Waals surface area contributed by atoms with Gasteiger partial charge in [-0.3, -0.25) is 4.79 Å². The van der Waals surface area contributed by atoms with Crippen LogP contribution in [-0.2, 0) is 14.8 Å². The minimum Gasteiger partial charge on any atom is -0.490 e. The molecule has 0 aromatic heterocycles. The first kappa shape index (κ1) is 21.5. The van der Waals surface area contributed by atoms with Crippen LogP contribution < -0.4 is 10.5 Å². The lowest BCUT2D eigenvalue weighted by molar-refractivity contribution is -0.120. The lowest BCUT2D eigenvalue weighted by atomic mass is 9.92. The number of hydrogen-bond donors (Lipinski definition) is 1. The van der Waals surface area contributed by atoms with E-state index in [-0.39, 0.29) is 24.4 Å². The molecule has 3 rings (SSSR count). The van der Waals surface area contributed by atoms with E-state index in [0.29, 0.717) is 23.3 Å². The zero-order valence-electron chi connectivity index (χ0n) is 15.2. The third-order valence-corrected chi connectivity index (χ3v) is 6.83. The average molecular weight is 445 g/mol. The summed E-state index contributed by atoms with van der Waals surface area (Å²) in [7, 11) is -4.07. The Kier molecular flexibility index (Phi) is 6.40. The molecule has 2 aromatic carbocycles. The highest BCUT2D eigenvalue weighted by Crippen LogP contribution is 2.30. The maximum Gasteiger partial charge on any atom is 0.243 e. The quantitative estimate of drug-likeness (QED) is 0.741. The van der Waals surface area contributed by atoms with Gasteiger partial charge < -0.3 is 10.5 Å². The Morgan fingerprint density at radius 1 is 1.17 bits per heavy atom. The van der Waals surface area contributed by atoms with Crippen LogP contribution in [-0.4, -0.2) is 37.8 Å². The number of hydrogen-bond acceptors (Lipinski definition) is 4. The Morgan fingerprint density at radius 3 is 2.48 bits per heavy atom. The van der Waals surface area contributed by atoms with E-state index in [1.807, 2.05) is 0 Å². The molecule has 2 atom stereocenters. The van der Waals surface area contributed by atoms with Gasteiger partial charge >= 0.3 is 0 Å². The number of primary amides is 1. The van der Waals surface area contributed by atoms with Crippen molar-refractivity contribution in [3.05, 3.63) is 59.1 Å². The van der Waals surface area contributed by atoms with Crippen LogP contribution in [0.15, 0.2) is 47.4 Å². The molecule has 6 nitrogen and oxygen atoms in total. The van der Waals surface area contributed by atoms with Gasteiger partial charge in [0.05, 0.1) is 4.90 Å². The van der Waals surface area contributed by atoms with Gasteiger partial charge in [0.2, 0.25) is 15.9 Å². The van der Waals surface area contributed by atoms with Crippen molar-refractivity contribution in [1.82, 2.24) is 4.31 Å². The number of amides is 1. The summed E-state index contributed by atoms with van der Waals surface area (Å²) >= 11 is 5.86. The van der Waals surface area contributed by atoms with Crippen molar-refractivity contribution >= 4 is 27.5 Å². The molecule has 156 valence electrons. The van der Waals surface area contributed by atoms with E-state index in [1.165, 1.54) is 0 Å². The van der Waals surface area contributed by atoms with Crippen molar-refractivity contribution in [3.8, 4) is 5.75 Å². The number of nitrogens with zero attached hydrogens (tertiary/aromatic N) is 1. The van der Waals surface area contributed by atoms with E-state index in [0.717, 1.165) is 16.4 Å². The summed E-state index contributed by atoms with van der Waals surface area (Å²) in [6.07, 6.45) is -0.231. The van der Waals surface area contributed by atoms with Gasteiger partial charge in [0.1, 0.15) is 11.9 Å². The monoisotopic (exact) mass is 444 g/mol. The van der Waals surface area contributed by atoms with Gasteiger partial charge in [-0.15, -0.1) is 0 Å². The Hall–Kier alpha value is -2.23. The van der Waals surface area contributed by atoms with Crippen LogP contribution >= 0.6 is 11.6 Å². The van der Waals surface area contributed by atoms with Gasteiger partial charge in [-0.05, 0) is 48.9 Å². The van der Waals surface area contributed by atoms with Crippen LogP contribution in [0.1, 0.15) is 12.8 Å². The molecule has 29 heavy (non-hydrogen) atoms. The third kappa shape index (κ3) is 5.04. The number of ether oxygens (including phenoxy) is 1.